The van der Waals surface area contributed by atoms with Gasteiger partial charge in [0, 0.05) is 6.07 Å². The Bertz CT molecular complexity index is 605. The van der Waals surface area contributed by atoms with Crippen LogP contribution in [-0.4, -0.2) is 27.2 Å². The molecule has 0 aliphatic heterocycles. The van der Waals surface area contributed by atoms with Crippen LogP contribution in [0, 0.1) is 3.57 Å². The summed E-state index contributed by atoms with van der Waals surface area (Å²) in [5, 5.41) is 0. The van der Waals surface area contributed by atoms with E-state index in [1.165, 1.54) is 4.72 Å². The van der Waals surface area contributed by atoms with Crippen LogP contribution in [0.15, 0.2) is 23.1 Å². The van der Waals surface area contributed by atoms with Gasteiger partial charge < -0.3 is 4.74 Å². The van der Waals surface area contributed by atoms with E-state index in [-0.39, 0.29) is 3.57 Å². The molecule has 0 aliphatic rings. The Morgan fingerprint density at radius 1 is 1.29 bits per heavy atom. The lowest BCUT2D eigenvalue weighted by Gasteiger charge is -2.17. The summed E-state index contributed by atoms with van der Waals surface area (Å²) in [5.74, 6) is -0.437. The van der Waals surface area contributed by atoms with Gasteiger partial charge in [-0.1, -0.05) is 0 Å². The minimum Gasteiger partial charge on any atom is -0.434 e. The highest BCUT2D eigenvalue weighted by atomic mass is 127. The van der Waals surface area contributed by atoms with Crippen LogP contribution in [0.1, 0.15) is 6.92 Å². The summed E-state index contributed by atoms with van der Waals surface area (Å²) in [6.45, 7) is -2.56. The summed E-state index contributed by atoms with van der Waals surface area (Å²) in [4.78, 5) is -0.602. The van der Waals surface area contributed by atoms with Crippen LogP contribution in [0.5, 0.6) is 5.75 Å². The molecule has 0 unspecified atom stereocenters. The van der Waals surface area contributed by atoms with Crippen molar-refractivity contribution < 1.29 is 35.1 Å². The van der Waals surface area contributed by atoms with Gasteiger partial charge >= 0.3 is 12.8 Å². The van der Waals surface area contributed by atoms with Crippen LogP contribution in [0.2, 0.25) is 0 Å². The van der Waals surface area contributed by atoms with Crippen molar-refractivity contribution in [2.45, 2.75) is 30.6 Å². The van der Waals surface area contributed by atoms with Gasteiger partial charge in [-0.05, 0) is 41.6 Å². The monoisotopic (exact) mass is 445 g/mol. The summed E-state index contributed by atoms with van der Waals surface area (Å²) >= 11 is 1.62. The fourth-order valence-electron chi connectivity index (χ4n) is 1.20. The normalized spacial score (nSPS) is 14.3. The predicted octanol–water partition coefficient (Wildman–Crippen LogP) is 3.12. The zero-order valence-electron chi connectivity index (χ0n) is 10.3. The Morgan fingerprint density at radius 3 is 2.33 bits per heavy atom. The number of hydrogen-bond acceptors (Lipinski definition) is 3. The van der Waals surface area contributed by atoms with E-state index in [4.69, 9.17) is 0 Å². The summed E-state index contributed by atoms with van der Waals surface area (Å²) < 4.78 is 90.7. The summed E-state index contributed by atoms with van der Waals surface area (Å²) in [7, 11) is -4.52. The van der Waals surface area contributed by atoms with Crippen molar-refractivity contribution in [2.24, 2.45) is 0 Å². The van der Waals surface area contributed by atoms with E-state index in [0.29, 0.717) is 6.92 Å². The van der Waals surface area contributed by atoms with Crippen LogP contribution in [0.4, 0.5) is 22.0 Å². The molecule has 1 aromatic carbocycles. The van der Waals surface area contributed by atoms with E-state index in [2.05, 4.69) is 4.74 Å². The Balaban J connectivity index is 3.09. The second kappa shape index (κ2) is 6.60. The third-order valence-corrected chi connectivity index (χ3v) is 4.68. The van der Waals surface area contributed by atoms with Gasteiger partial charge in [0.25, 0.3) is 0 Å². The van der Waals surface area contributed by atoms with E-state index in [9.17, 15) is 30.4 Å². The third-order valence-electron chi connectivity index (χ3n) is 2.25. The number of rotatable bonds is 5. The van der Waals surface area contributed by atoms with E-state index in [0.717, 1.165) is 18.2 Å². The van der Waals surface area contributed by atoms with Crippen molar-refractivity contribution in [3.05, 3.63) is 21.8 Å². The lowest BCUT2D eigenvalue weighted by Crippen LogP contribution is -2.42. The molecule has 4 nitrogen and oxygen atoms in total. The average Bonchev–Trinajstić information content (AvgIpc) is 2.29. The molecule has 0 heterocycles. The molecule has 0 fully saturated rings. The number of benzene rings is 1. The second-order valence-electron chi connectivity index (χ2n) is 3.86. The molecule has 0 saturated carbocycles. The molecule has 1 rings (SSSR count). The van der Waals surface area contributed by atoms with Crippen molar-refractivity contribution in [1.29, 1.82) is 0 Å². The molecule has 21 heavy (non-hydrogen) atoms. The molecular formula is C10H9F5INO3S. The molecular weight excluding hydrogens is 436 g/mol. The average molecular weight is 445 g/mol. The first kappa shape index (κ1) is 18.4. The van der Waals surface area contributed by atoms with Crippen molar-refractivity contribution in [2.75, 3.05) is 0 Å². The van der Waals surface area contributed by atoms with Crippen LogP contribution in [-0.2, 0) is 10.0 Å². The number of halogens is 6. The quantitative estimate of drug-likeness (QED) is 0.560. The standard InChI is InChI=1S/C10H9F5INO3S/c1-5(10(13,14)15)17-21(18,19)6-2-3-7(16)8(4-6)20-9(11)12/h2-5,9,17H,1H3/t5-/m0/s1. The zero-order chi connectivity index (χ0) is 16.4. The van der Waals surface area contributed by atoms with Gasteiger partial charge in [0.1, 0.15) is 11.8 Å². The second-order valence-corrected chi connectivity index (χ2v) is 6.73. The Kier molecular flexibility index (Phi) is 5.77. The topological polar surface area (TPSA) is 55.4 Å². The Labute approximate surface area is 130 Å². The van der Waals surface area contributed by atoms with E-state index in [1.807, 2.05) is 0 Å². The first-order chi connectivity index (χ1) is 9.43. The summed E-state index contributed by atoms with van der Waals surface area (Å²) in [5.41, 5.74) is 0. The summed E-state index contributed by atoms with van der Waals surface area (Å²) in [6, 6.07) is 0.553. The predicted molar refractivity (Wildman–Crippen MR) is 71.6 cm³/mol. The Hall–Kier alpha value is -0.690. The lowest BCUT2D eigenvalue weighted by molar-refractivity contribution is -0.147. The van der Waals surface area contributed by atoms with Crippen LogP contribution >= 0.6 is 22.6 Å². The highest BCUT2D eigenvalue weighted by Crippen LogP contribution is 2.27. The highest BCUT2D eigenvalue weighted by molar-refractivity contribution is 14.1. The van der Waals surface area contributed by atoms with Gasteiger partial charge in [-0.25, -0.2) is 8.42 Å². The van der Waals surface area contributed by atoms with E-state index >= 15 is 0 Å². The van der Waals surface area contributed by atoms with Crippen molar-refractivity contribution >= 4 is 32.6 Å². The van der Waals surface area contributed by atoms with Gasteiger partial charge in [-0.2, -0.15) is 26.7 Å². The van der Waals surface area contributed by atoms with E-state index in [1.54, 1.807) is 22.6 Å². The first-order valence-corrected chi connectivity index (χ1v) is 7.83. The minimum absolute atomic E-state index is 0.190. The molecule has 1 aromatic rings. The molecule has 1 N–H and O–H groups in total. The van der Waals surface area contributed by atoms with Crippen LogP contribution in [0.3, 0.4) is 0 Å². The van der Waals surface area contributed by atoms with Gasteiger partial charge in [-0.15, -0.1) is 0 Å². The van der Waals surface area contributed by atoms with E-state index < -0.39 is 39.5 Å². The molecule has 0 spiro atoms. The fourth-order valence-corrected chi connectivity index (χ4v) is 2.91. The molecule has 0 amide bonds. The summed E-state index contributed by atoms with van der Waals surface area (Å²) in [6.07, 6.45) is -4.77. The molecule has 0 aliphatic carbocycles. The zero-order valence-corrected chi connectivity index (χ0v) is 13.3. The molecule has 0 bridgehead atoms. The number of nitrogens with one attached hydrogen (secondary N) is 1. The number of hydrogen-bond donors (Lipinski definition) is 1. The molecule has 0 radical (unpaired) electrons. The van der Waals surface area contributed by atoms with Gasteiger partial charge in [0.2, 0.25) is 10.0 Å². The van der Waals surface area contributed by atoms with Gasteiger partial charge in [0.05, 0.1) is 8.47 Å². The Morgan fingerprint density at radius 2 is 1.86 bits per heavy atom. The lowest BCUT2D eigenvalue weighted by atomic mass is 10.3. The maximum absolute atomic E-state index is 12.4. The number of ether oxygens (including phenoxy) is 1. The SMILES string of the molecule is C[C@H](NS(=O)(=O)c1ccc(I)c(OC(F)F)c1)C(F)(F)F. The van der Waals surface area contributed by atoms with Crippen LogP contribution < -0.4 is 9.46 Å². The first-order valence-electron chi connectivity index (χ1n) is 5.27. The van der Waals surface area contributed by atoms with Crippen molar-refractivity contribution in [3.8, 4) is 5.75 Å². The van der Waals surface area contributed by atoms with Crippen LogP contribution in [0.25, 0.3) is 0 Å². The molecule has 11 heteroatoms. The van der Waals surface area contributed by atoms with Gasteiger partial charge in [-0.3, -0.25) is 0 Å². The largest absolute Gasteiger partial charge is 0.434 e. The maximum Gasteiger partial charge on any atom is 0.404 e. The maximum atomic E-state index is 12.4. The van der Waals surface area contributed by atoms with Gasteiger partial charge in [0.15, 0.2) is 0 Å². The molecule has 0 aromatic heterocycles. The fraction of sp³-hybridized carbons (Fsp3) is 0.400. The third kappa shape index (κ3) is 5.21. The molecule has 0 saturated heterocycles. The van der Waals surface area contributed by atoms with Crippen molar-refractivity contribution in [1.82, 2.24) is 4.72 Å². The molecule has 1 atom stereocenters. The highest BCUT2D eigenvalue weighted by Gasteiger charge is 2.39. The smallest absolute Gasteiger partial charge is 0.404 e. The number of alkyl halides is 5. The molecule has 120 valence electrons. The minimum atomic E-state index is -4.77. The number of sulfonamides is 1. The van der Waals surface area contributed by atoms with Crippen molar-refractivity contribution in [3.63, 3.8) is 0 Å².